The van der Waals surface area contributed by atoms with Gasteiger partial charge in [-0.25, -0.2) is 14.6 Å². The van der Waals surface area contributed by atoms with Crippen molar-refractivity contribution in [2.45, 2.75) is 45.3 Å². The molecule has 194 valence electrons. The number of aryl methyl sites for hydroxylation is 1. The number of nitrogens with two attached hydrogens (primary N) is 1. The first-order valence-corrected chi connectivity index (χ1v) is 13.3. The number of carbonyl (C=O) groups excluding carboxylic acids is 1. The second-order valence-electron chi connectivity index (χ2n) is 10.5. The van der Waals surface area contributed by atoms with Crippen molar-refractivity contribution in [2.24, 2.45) is 0 Å². The third kappa shape index (κ3) is 4.56. The molecule has 38 heavy (non-hydrogen) atoms. The molecule has 2 N–H and O–H groups in total. The van der Waals surface area contributed by atoms with Crippen LogP contribution in [0, 0.1) is 6.92 Å². The van der Waals surface area contributed by atoms with Crippen LogP contribution in [0.15, 0.2) is 61.4 Å². The van der Waals surface area contributed by atoms with Gasteiger partial charge in [0.1, 0.15) is 17.8 Å². The maximum absolute atomic E-state index is 12.3. The van der Waals surface area contributed by atoms with E-state index < -0.39 is 0 Å². The van der Waals surface area contributed by atoms with E-state index in [9.17, 15) is 4.79 Å². The molecule has 1 unspecified atom stereocenters. The average Bonchev–Trinajstić information content (AvgIpc) is 3.34. The monoisotopic (exact) mass is 507 g/mol. The van der Waals surface area contributed by atoms with Crippen molar-refractivity contribution in [3.63, 3.8) is 0 Å². The van der Waals surface area contributed by atoms with Gasteiger partial charge in [-0.15, -0.1) is 0 Å². The Morgan fingerprint density at radius 2 is 1.97 bits per heavy atom. The molecular weight excluding hydrogens is 474 g/mol. The lowest BCUT2D eigenvalue weighted by molar-refractivity contribution is -0.127. The molecule has 1 atom stereocenters. The Balaban J connectivity index is 1.26. The quantitative estimate of drug-likeness (QED) is 0.405. The van der Waals surface area contributed by atoms with Gasteiger partial charge in [0.15, 0.2) is 5.65 Å². The SMILES string of the molecule is C=CC(=O)N1CCCC(n2nc(-c3ccc(CN4CCc5cc(C)ccc5C4)cc3)c3c(N)ncnc32)C1. The number of nitrogen functional groups attached to an aromatic ring is 1. The molecule has 2 aliphatic rings. The summed E-state index contributed by atoms with van der Waals surface area (Å²) in [4.78, 5) is 25.4. The van der Waals surface area contributed by atoms with Crippen molar-refractivity contribution < 1.29 is 4.79 Å². The van der Waals surface area contributed by atoms with Gasteiger partial charge in [-0.2, -0.15) is 5.10 Å². The fourth-order valence-corrected chi connectivity index (χ4v) is 5.84. The fraction of sp³-hybridized carbons (Fsp3) is 0.333. The number of rotatable bonds is 5. The van der Waals surface area contributed by atoms with E-state index in [1.165, 1.54) is 34.7 Å². The maximum Gasteiger partial charge on any atom is 0.246 e. The third-order valence-electron chi connectivity index (χ3n) is 7.83. The lowest BCUT2D eigenvalue weighted by Crippen LogP contribution is -2.40. The summed E-state index contributed by atoms with van der Waals surface area (Å²) < 4.78 is 1.94. The zero-order chi connectivity index (χ0) is 26.2. The van der Waals surface area contributed by atoms with Gasteiger partial charge in [0.25, 0.3) is 0 Å². The van der Waals surface area contributed by atoms with Crippen LogP contribution < -0.4 is 5.73 Å². The summed E-state index contributed by atoms with van der Waals surface area (Å²) >= 11 is 0. The highest BCUT2D eigenvalue weighted by molar-refractivity contribution is 5.98. The molecule has 0 bridgehead atoms. The Bertz CT molecular complexity index is 1510. The van der Waals surface area contributed by atoms with Gasteiger partial charge in [-0.3, -0.25) is 9.69 Å². The lowest BCUT2D eigenvalue weighted by Gasteiger charge is -2.32. The molecule has 6 rings (SSSR count). The third-order valence-corrected chi connectivity index (χ3v) is 7.83. The normalized spacial score (nSPS) is 17.9. The Morgan fingerprint density at radius 3 is 2.79 bits per heavy atom. The summed E-state index contributed by atoms with van der Waals surface area (Å²) in [7, 11) is 0. The predicted octanol–water partition coefficient (Wildman–Crippen LogP) is 4.29. The summed E-state index contributed by atoms with van der Waals surface area (Å²) in [6.07, 6.45) is 5.76. The Hall–Kier alpha value is -4.04. The summed E-state index contributed by atoms with van der Waals surface area (Å²) in [6, 6.07) is 15.4. The smallest absolute Gasteiger partial charge is 0.246 e. The number of likely N-dealkylation sites (tertiary alicyclic amines) is 1. The molecule has 2 aromatic heterocycles. The van der Waals surface area contributed by atoms with E-state index in [1.807, 2.05) is 9.58 Å². The minimum Gasteiger partial charge on any atom is -0.383 e. The van der Waals surface area contributed by atoms with Crippen molar-refractivity contribution in [3.8, 4) is 11.3 Å². The molecule has 4 heterocycles. The predicted molar refractivity (Wildman–Crippen MR) is 149 cm³/mol. The second-order valence-corrected chi connectivity index (χ2v) is 10.5. The molecule has 4 aromatic rings. The molecule has 0 spiro atoms. The zero-order valence-electron chi connectivity index (χ0n) is 21.8. The first-order valence-electron chi connectivity index (χ1n) is 13.3. The number of amides is 1. The zero-order valence-corrected chi connectivity index (χ0v) is 21.8. The van der Waals surface area contributed by atoms with Crippen molar-refractivity contribution in [2.75, 3.05) is 25.4 Å². The van der Waals surface area contributed by atoms with E-state index in [1.54, 1.807) is 0 Å². The number of nitrogens with zero attached hydrogens (tertiary/aromatic N) is 6. The molecule has 0 aliphatic carbocycles. The lowest BCUT2D eigenvalue weighted by atomic mass is 9.97. The van der Waals surface area contributed by atoms with E-state index in [0.717, 1.165) is 62.1 Å². The number of anilines is 1. The topological polar surface area (TPSA) is 93.2 Å². The maximum atomic E-state index is 12.3. The summed E-state index contributed by atoms with van der Waals surface area (Å²) in [5, 5.41) is 5.76. The van der Waals surface area contributed by atoms with Gasteiger partial charge in [0.05, 0.1) is 11.4 Å². The minimum atomic E-state index is -0.0524. The van der Waals surface area contributed by atoms with Crippen molar-refractivity contribution >= 4 is 22.8 Å². The van der Waals surface area contributed by atoms with Crippen LogP contribution in [0.2, 0.25) is 0 Å². The van der Waals surface area contributed by atoms with Crippen molar-refractivity contribution in [3.05, 3.63) is 83.7 Å². The molecule has 2 aliphatic heterocycles. The molecule has 8 heteroatoms. The molecule has 0 saturated carbocycles. The second kappa shape index (κ2) is 10.0. The van der Waals surface area contributed by atoms with E-state index in [-0.39, 0.29) is 11.9 Å². The van der Waals surface area contributed by atoms with Gasteiger partial charge in [0.2, 0.25) is 5.91 Å². The number of hydrogen-bond donors (Lipinski definition) is 1. The Labute approximate surface area is 222 Å². The summed E-state index contributed by atoms with van der Waals surface area (Å²) in [6.45, 7) is 10.1. The van der Waals surface area contributed by atoms with Crippen LogP contribution in [-0.2, 0) is 24.3 Å². The van der Waals surface area contributed by atoms with Crippen LogP contribution in [0.3, 0.4) is 0 Å². The van der Waals surface area contributed by atoms with Gasteiger partial charge < -0.3 is 10.6 Å². The van der Waals surface area contributed by atoms with Crippen LogP contribution in [0.25, 0.3) is 22.3 Å². The molecule has 1 fully saturated rings. The minimum absolute atomic E-state index is 0.0169. The first-order chi connectivity index (χ1) is 18.5. The van der Waals surface area contributed by atoms with E-state index in [4.69, 9.17) is 10.8 Å². The fourth-order valence-electron chi connectivity index (χ4n) is 5.84. The van der Waals surface area contributed by atoms with E-state index in [2.05, 4.69) is 70.8 Å². The number of piperidine rings is 1. The van der Waals surface area contributed by atoms with Crippen molar-refractivity contribution in [1.82, 2.24) is 29.5 Å². The molecule has 1 saturated heterocycles. The van der Waals surface area contributed by atoms with Gasteiger partial charge in [-0.05, 0) is 49.0 Å². The largest absolute Gasteiger partial charge is 0.383 e. The Morgan fingerprint density at radius 1 is 1.13 bits per heavy atom. The van der Waals surface area contributed by atoms with Crippen LogP contribution in [0.4, 0.5) is 5.82 Å². The summed E-state index contributed by atoms with van der Waals surface area (Å²) in [5.41, 5.74) is 14.3. The van der Waals surface area contributed by atoms with Gasteiger partial charge >= 0.3 is 0 Å². The van der Waals surface area contributed by atoms with Crippen LogP contribution in [0.1, 0.15) is 41.1 Å². The molecular formula is C30H33N7O. The highest BCUT2D eigenvalue weighted by Gasteiger charge is 2.28. The van der Waals surface area contributed by atoms with E-state index >= 15 is 0 Å². The van der Waals surface area contributed by atoms with Crippen LogP contribution in [-0.4, -0.2) is 55.1 Å². The van der Waals surface area contributed by atoms with Gasteiger partial charge in [-0.1, -0.05) is 54.6 Å². The molecule has 1 amide bonds. The number of hydrogen-bond acceptors (Lipinski definition) is 6. The Kier molecular flexibility index (Phi) is 6.41. The number of aromatic nitrogens is 4. The average molecular weight is 508 g/mol. The standard InChI is InChI=1S/C30H33N7O/c1-3-26(38)36-13-4-5-25(18-36)37-30-27(29(31)32-19-33-30)28(34-37)22-10-7-21(8-11-22)16-35-14-12-23-15-20(2)6-9-24(23)17-35/h3,6-11,15,19,25H,1,4-5,12-14,16-18H2,2H3,(H2,31,32,33). The van der Waals surface area contributed by atoms with Crippen molar-refractivity contribution in [1.29, 1.82) is 0 Å². The van der Waals surface area contributed by atoms with Crippen LogP contribution in [0.5, 0.6) is 0 Å². The molecule has 0 radical (unpaired) electrons. The highest BCUT2D eigenvalue weighted by atomic mass is 16.2. The highest BCUT2D eigenvalue weighted by Crippen LogP contribution is 2.34. The molecule has 8 nitrogen and oxygen atoms in total. The number of fused-ring (bicyclic) bond motifs is 2. The number of carbonyl (C=O) groups is 1. The number of benzene rings is 2. The molecule has 2 aromatic carbocycles. The van der Waals surface area contributed by atoms with E-state index in [0.29, 0.717) is 18.0 Å². The first kappa shape index (κ1) is 24.3. The van der Waals surface area contributed by atoms with Gasteiger partial charge in [0, 0.05) is 38.3 Å². The van der Waals surface area contributed by atoms with Crippen LogP contribution >= 0.6 is 0 Å². The summed E-state index contributed by atoms with van der Waals surface area (Å²) in [5.74, 6) is 0.362.